The molecule has 0 bridgehead atoms. The van der Waals surface area contributed by atoms with Crippen molar-refractivity contribution in [1.82, 2.24) is 4.67 Å². The summed E-state index contributed by atoms with van der Waals surface area (Å²) in [5.74, 6) is -1.20. The molecule has 7 heteroatoms. The van der Waals surface area contributed by atoms with Gasteiger partial charge in [-0.3, -0.25) is 4.67 Å². The maximum Gasteiger partial charge on any atom is 0.291 e. The summed E-state index contributed by atoms with van der Waals surface area (Å²) in [6, 6.07) is 3.56. The molecule has 1 heterocycles. The van der Waals surface area contributed by atoms with E-state index in [0.717, 1.165) is 18.8 Å². The largest absolute Gasteiger partial charge is 0.463 e. The van der Waals surface area contributed by atoms with Crippen LogP contribution in [-0.4, -0.2) is 30.0 Å². The van der Waals surface area contributed by atoms with Crippen molar-refractivity contribution in [3.63, 3.8) is 0 Å². The minimum atomic E-state index is -1.08. The van der Waals surface area contributed by atoms with Crippen LogP contribution in [0.2, 0.25) is 0 Å². The summed E-state index contributed by atoms with van der Waals surface area (Å²) in [6.45, 7) is 4.05. The van der Waals surface area contributed by atoms with Gasteiger partial charge in [0.1, 0.15) is 18.2 Å². The molecule has 2 unspecified atom stereocenters. The Labute approximate surface area is 123 Å². The normalized spacial score (nSPS) is 20.0. The van der Waals surface area contributed by atoms with Crippen molar-refractivity contribution < 1.29 is 13.5 Å². The van der Waals surface area contributed by atoms with E-state index in [0.29, 0.717) is 18.2 Å². The van der Waals surface area contributed by atoms with E-state index < -0.39 is 18.5 Å². The van der Waals surface area contributed by atoms with E-state index in [1.54, 1.807) is 6.92 Å². The Balaban J connectivity index is 2.22. The zero-order chi connectivity index (χ0) is 14.7. The lowest BCUT2D eigenvalue weighted by Gasteiger charge is -2.18. The van der Waals surface area contributed by atoms with Crippen LogP contribution in [0.15, 0.2) is 23.2 Å². The first-order valence-corrected chi connectivity index (χ1v) is 9.27. The summed E-state index contributed by atoms with van der Waals surface area (Å²) in [4.78, 5) is 4.42. The van der Waals surface area contributed by atoms with Gasteiger partial charge in [-0.1, -0.05) is 18.7 Å². The Morgan fingerprint density at radius 3 is 2.65 bits per heavy atom. The Hall–Kier alpha value is -1.00. The van der Waals surface area contributed by atoms with Crippen LogP contribution < -0.4 is 0 Å². The van der Waals surface area contributed by atoms with Gasteiger partial charge in [0.25, 0.3) is 6.02 Å². The zero-order valence-corrected chi connectivity index (χ0v) is 13.2. The fourth-order valence-corrected chi connectivity index (χ4v) is 3.55. The monoisotopic (exact) mass is 318 g/mol. The highest BCUT2D eigenvalue weighted by Crippen LogP contribution is 2.31. The van der Waals surface area contributed by atoms with Gasteiger partial charge >= 0.3 is 0 Å². The molecule has 1 saturated heterocycles. The van der Waals surface area contributed by atoms with Crippen molar-refractivity contribution in [2.75, 3.05) is 19.3 Å². The number of amidine groups is 1. The maximum atomic E-state index is 13.2. The van der Waals surface area contributed by atoms with Crippen molar-refractivity contribution in [3.05, 3.63) is 35.4 Å². The number of hydrogen-bond donors (Lipinski definition) is 0. The Morgan fingerprint density at radius 1 is 1.40 bits per heavy atom. The van der Waals surface area contributed by atoms with Gasteiger partial charge in [-0.05, 0) is 30.8 Å². The number of rotatable bonds is 4. The van der Waals surface area contributed by atoms with Gasteiger partial charge in [0.15, 0.2) is 0 Å². The van der Waals surface area contributed by atoms with Gasteiger partial charge in [0.05, 0.1) is 12.6 Å². The molecule has 20 heavy (non-hydrogen) atoms. The van der Waals surface area contributed by atoms with Crippen LogP contribution >= 0.6 is 6.85 Å². The summed E-state index contributed by atoms with van der Waals surface area (Å²) >= 11 is 5.43. The molecule has 1 aromatic rings. The van der Waals surface area contributed by atoms with Crippen molar-refractivity contribution in [3.8, 4) is 0 Å². The Kier molecular flexibility index (Phi) is 5.11. The fourth-order valence-electron chi connectivity index (χ4n) is 1.99. The molecule has 1 aromatic carbocycles. The van der Waals surface area contributed by atoms with Gasteiger partial charge < -0.3 is 4.74 Å². The highest BCUT2D eigenvalue weighted by atomic mass is 32.4. The molecule has 0 N–H and O–H groups in total. The molecule has 0 spiro atoms. The minimum Gasteiger partial charge on any atom is -0.463 e. The lowest BCUT2D eigenvalue weighted by molar-refractivity contribution is 0.349. The molecule has 0 saturated carbocycles. The van der Waals surface area contributed by atoms with Crippen molar-refractivity contribution in [2.24, 2.45) is 4.99 Å². The third-order valence-electron chi connectivity index (χ3n) is 3.05. The van der Waals surface area contributed by atoms with Gasteiger partial charge in [-0.15, -0.1) is 0 Å². The van der Waals surface area contributed by atoms with E-state index in [4.69, 9.17) is 16.5 Å². The first kappa shape index (κ1) is 15.4. The molecule has 2 atom stereocenters. The molecule has 0 aromatic heterocycles. The molecule has 3 nitrogen and oxygen atoms in total. The molecule has 0 amide bonds. The van der Waals surface area contributed by atoms with Crippen molar-refractivity contribution in [2.45, 2.75) is 19.9 Å². The summed E-state index contributed by atoms with van der Waals surface area (Å²) < 4.78 is 33.9. The molecule has 110 valence electrons. The van der Waals surface area contributed by atoms with Gasteiger partial charge in [-0.2, -0.15) is 0 Å². The first-order chi connectivity index (χ1) is 9.51. The van der Waals surface area contributed by atoms with Crippen LogP contribution in [0.3, 0.4) is 0 Å². The van der Waals surface area contributed by atoms with Crippen LogP contribution in [0.25, 0.3) is 0 Å². The number of halogens is 2. The zero-order valence-electron chi connectivity index (χ0n) is 11.4. The average Bonchev–Trinajstić information content (AvgIpc) is 2.84. The second-order valence-corrected chi connectivity index (χ2v) is 7.99. The molecular weight excluding hydrogens is 301 g/mol. The second kappa shape index (κ2) is 6.64. The van der Waals surface area contributed by atoms with Crippen molar-refractivity contribution >= 4 is 24.7 Å². The van der Waals surface area contributed by atoms with E-state index in [9.17, 15) is 8.78 Å². The van der Waals surface area contributed by atoms with E-state index in [1.807, 2.05) is 11.6 Å². The van der Waals surface area contributed by atoms with E-state index >= 15 is 0 Å². The topological polar surface area (TPSA) is 24.8 Å². The third-order valence-corrected chi connectivity index (χ3v) is 6.20. The quantitative estimate of drug-likeness (QED) is 0.796. The predicted molar refractivity (Wildman–Crippen MR) is 81.1 cm³/mol. The van der Waals surface area contributed by atoms with Crippen molar-refractivity contribution in [1.29, 1.82) is 0 Å². The lowest BCUT2D eigenvalue weighted by atomic mass is 10.1. The van der Waals surface area contributed by atoms with E-state index in [2.05, 4.69) is 4.99 Å². The maximum absolute atomic E-state index is 13.2. The van der Waals surface area contributed by atoms with Crippen LogP contribution in [-0.2, 0) is 16.5 Å². The fraction of sp³-hybridized carbons (Fsp3) is 0.462. The molecule has 1 aliphatic heterocycles. The average molecular weight is 318 g/mol. The molecular formula is C13H17F2N2OPS. The first-order valence-electron chi connectivity index (χ1n) is 6.48. The predicted octanol–water partition coefficient (Wildman–Crippen LogP) is 3.33. The summed E-state index contributed by atoms with van der Waals surface area (Å²) in [5, 5.41) is 0. The third kappa shape index (κ3) is 3.55. The van der Waals surface area contributed by atoms with Crippen LogP contribution in [0.1, 0.15) is 25.5 Å². The van der Waals surface area contributed by atoms with Crippen LogP contribution in [0.5, 0.6) is 0 Å². The molecule has 1 fully saturated rings. The lowest BCUT2D eigenvalue weighted by Crippen LogP contribution is -2.19. The van der Waals surface area contributed by atoms with Gasteiger partial charge in [0, 0.05) is 12.9 Å². The highest BCUT2D eigenvalue weighted by molar-refractivity contribution is 8.04. The summed E-state index contributed by atoms with van der Waals surface area (Å²) in [5.41, 5.74) is 0.486. The Bertz CT molecular complexity index is 533. The SMILES string of the molecule is CC[PH](=S)N1CCO/C1=N\C(C)c1cc(F)cc(F)c1. The number of hydrogen-bond acceptors (Lipinski definition) is 3. The highest BCUT2D eigenvalue weighted by Gasteiger charge is 2.23. The standard InChI is InChI=1S/C13H17F2N2OPS/c1-3-19(20)17-4-5-18-13(17)16-9(2)10-6-11(14)8-12(15)7-10/h6-9,19H,3-5H2,1-2H3/b16-13-. The number of ether oxygens (including phenoxy) is 1. The smallest absolute Gasteiger partial charge is 0.291 e. The second-order valence-electron chi connectivity index (χ2n) is 4.54. The summed E-state index contributed by atoms with van der Waals surface area (Å²) in [7, 11) is 0. The van der Waals surface area contributed by atoms with Crippen LogP contribution in [0, 0.1) is 11.6 Å². The van der Waals surface area contributed by atoms with E-state index in [1.165, 1.54) is 12.1 Å². The summed E-state index contributed by atoms with van der Waals surface area (Å²) in [6.07, 6.45) is 0.908. The molecule has 2 rings (SSSR count). The molecule has 0 radical (unpaired) electrons. The number of nitrogens with zero attached hydrogens (tertiary/aromatic N) is 2. The number of aliphatic imine (C=N–C) groups is 1. The number of benzene rings is 1. The van der Waals surface area contributed by atoms with Crippen LogP contribution in [0.4, 0.5) is 8.78 Å². The van der Waals surface area contributed by atoms with Gasteiger partial charge in [0.2, 0.25) is 0 Å². The molecule has 1 aliphatic rings. The van der Waals surface area contributed by atoms with Gasteiger partial charge in [-0.25, -0.2) is 13.8 Å². The molecule has 0 aliphatic carbocycles. The minimum absolute atomic E-state index is 0.377. The van der Waals surface area contributed by atoms with E-state index in [-0.39, 0.29) is 6.04 Å². The Morgan fingerprint density at radius 2 is 2.05 bits per heavy atom.